The van der Waals surface area contributed by atoms with E-state index in [0.717, 1.165) is 5.69 Å². The number of aromatic nitrogens is 2. The van der Waals surface area contributed by atoms with Gasteiger partial charge >= 0.3 is 5.97 Å². The van der Waals surface area contributed by atoms with Crippen molar-refractivity contribution in [2.24, 2.45) is 7.05 Å². The summed E-state index contributed by atoms with van der Waals surface area (Å²) < 4.78 is 15.6. The molecular formula is C13H18FN3O3. The highest BCUT2D eigenvalue weighted by Crippen LogP contribution is 2.27. The van der Waals surface area contributed by atoms with Crippen molar-refractivity contribution in [1.29, 1.82) is 0 Å². The second-order valence-corrected chi connectivity index (χ2v) is 5.48. The van der Waals surface area contributed by atoms with E-state index >= 15 is 0 Å². The van der Waals surface area contributed by atoms with Crippen molar-refractivity contribution >= 4 is 11.9 Å². The van der Waals surface area contributed by atoms with E-state index in [1.165, 1.54) is 4.90 Å². The highest BCUT2D eigenvalue weighted by atomic mass is 19.1. The fourth-order valence-corrected chi connectivity index (χ4v) is 2.41. The van der Waals surface area contributed by atoms with E-state index in [0.29, 0.717) is 0 Å². The minimum absolute atomic E-state index is 0.0925. The number of hydrogen-bond donors (Lipinski definition) is 1. The molecule has 1 atom stereocenters. The Morgan fingerprint density at radius 2 is 2.15 bits per heavy atom. The summed E-state index contributed by atoms with van der Waals surface area (Å²) in [4.78, 5) is 24.3. The third-order valence-corrected chi connectivity index (χ3v) is 3.62. The number of carbonyl (C=O) groups is 2. The number of amides is 1. The zero-order valence-corrected chi connectivity index (χ0v) is 11.8. The number of likely N-dealkylation sites (tertiary alicyclic amines) is 1. The number of carboxylic acid groups (broad SMARTS) is 1. The SMILES string of the molecule is CC(C)c1cc(C(=O)N2CCC(F)(C(=O)O)C2)nn1C. The van der Waals surface area contributed by atoms with Crippen molar-refractivity contribution in [1.82, 2.24) is 14.7 Å². The zero-order valence-electron chi connectivity index (χ0n) is 11.8. The summed E-state index contributed by atoms with van der Waals surface area (Å²) in [6.07, 6.45) is -0.183. The van der Waals surface area contributed by atoms with Crippen molar-refractivity contribution in [3.63, 3.8) is 0 Å². The molecule has 1 amide bonds. The van der Waals surface area contributed by atoms with Crippen molar-refractivity contribution in [3.05, 3.63) is 17.5 Å². The number of aryl methyl sites for hydroxylation is 1. The number of carboxylic acids is 1. The van der Waals surface area contributed by atoms with Gasteiger partial charge in [0.2, 0.25) is 5.67 Å². The lowest BCUT2D eigenvalue weighted by atomic mass is 10.1. The predicted octanol–water partition coefficient (Wildman–Crippen LogP) is 1.18. The summed E-state index contributed by atoms with van der Waals surface area (Å²) in [6, 6.07) is 1.67. The first-order valence-corrected chi connectivity index (χ1v) is 6.50. The molecule has 7 heteroatoms. The number of aliphatic carboxylic acids is 1. The molecular weight excluding hydrogens is 265 g/mol. The molecule has 1 N–H and O–H groups in total. The van der Waals surface area contributed by atoms with Crippen LogP contribution in [-0.4, -0.2) is 50.4 Å². The third kappa shape index (κ3) is 2.39. The molecule has 2 rings (SSSR count). The molecule has 1 fully saturated rings. The monoisotopic (exact) mass is 283 g/mol. The van der Waals surface area contributed by atoms with E-state index < -0.39 is 24.1 Å². The number of rotatable bonds is 3. The summed E-state index contributed by atoms with van der Waals surface area (Å²) in [5.41, 5.74) is -1.21. The van der Waals surface area contributed by atoms with Crippen molar-refractivity contribution in [2.75, 3.05) is 13.1 Å². The summed E-state index contributed by atoms with van der Waals surface area (Å²) >= 11 is 0. The molecule has 1 aromatic heterocycles. The highest BCUT2D eigenvalue weighted by molar-refractivity contribution is 5.93. The first-order chi connectivity index (χ1) is 9.24. The van der Waals surface area contributed by atoms with Crippen LogP contribution in [0, 0.1) is 0 Å². The van der Waals surface area contributed by atoms with Crippen LogP contribution in [0.25, 0.3) is 0 Å². The van der Waals surface area contributed by atoms with Gasteiger partial charge < -0.3 is 10.0 Å². The average molecular weight is 283 g/mol. The molecule has 1 saturated heterocycles. The van der Waals surface area contributed by atoms with Gasteiger partial charge in [0.05, 0.1) is 6.54 Å². The molecule has 6 nitrogen and oxygen atoms in total. The van der Waals surface area contributed by atoms with Crippen LogP contribution < -0.4 is 0 Å². The lowest BCUT2D eigenvalue weighted by molar-refractivity contribution is -0.149. The Hall–Kier alpha value is -1.92. The highest BCUT2D eigenvalue weighted by Gasteiger charge is 2.47. The Balaban J connectivity index is 2.17. The topological polar surface area (TPSA) is 75.4 Å². The first kappa shape index (κ1) is 14.5. The summed E-state index contributed by atoms with van der Waals surface area (Å²) in [5, 5.41) is 13.0. The van der Waals surface area contributed by atoms with Gasteiger partial charge in [-0.1, -0.05) is 13.8 Å². The lowest BCUT2D eigenvalue weighted by Gasteiger charge is -2.16. The second kappa shape index (κ2) is 4.88. The quantitative estimate of drug-likeness (QED) is 0.904. The van der Waals surface area contributed by atoms with Crippen LogP contribution in [0.3, 0.4) is 0 Å². The smallest absolute Gasteiger partial charge is 0.343 e. The van der Waals surface area contributed by atoms with Gasteiger partial charge in [-0.25, -0.2) is 9.18 Å². The van der Waals surface area contributed by atoms with E-state index in [-0.39, 0.29) is 24.6 Å². The number of halogens is 1. The van der Waals surface area contributed by atoms with Gasteiger partial charge in [0.25, 0.3) is 5.91 Å². The van der Waals surface area contributed by atoms with E-state index in [1.54, 1.807) is 17.8 Å². The van der Waals surface area contributed by atoms with Crippen molar-refractivity contribution in [3.8, 4) is 0 Å². The van der Waals surface area contributed by atoms with Crippen molar-refractivity contribution < 1.29 is 19.1 Å². The van der Waals surface area contributed by atoms with Gasteiger partial charge in [-0.2, -0.15) is 5.10 Å². The third-order valence-electron chi connectivity index (χ3n) is 3.62. The van der Waals surface area contributed by atoms with Crippen LogP contribution in [0.15, 0.2) is 6.07 Å². The molecule has 0 radical (unpaired) electrons. The van der Waals surface area contributed by atoms with Gasteiger partial charge in [0, 0.05) is 25.7 Å². The van der Waals surface area contributed by atoms with Crippen LogP contribution in [0.4, 0.5) is 4.39 Å². The van der Waals surface area contributed by atoms with Crippen LogP contribution in [0.5, 0.6) is 0 Å². The van der Waals surface area contributed by atoms with Crippen LogP contribution >= 0.6 is 0 Å². The molecule has 0 spiro atoms. The van der Waals surface area contributed by atoms with Crippen LogP contribution in [0.1, 0.15) is 42.4 Å². The van der Waals surface area contributed by atoms with E-state index in [1.807, 2.05) is 13.8 Å². The van der Waals surface area contributed by atoms with Gasteiger partial charge in [-0.05, 0) is 12.0 Å². The maximum Gasteiger partial charge on any atom is 0.343 e. The molecule has 1 aromatic rings. The molecule has 0 aliphatic carbocycles. The minimum Gasteiger partial charge on any atom is -0.479 e. The number of hydrogen-bond acceptors (Lipinski definition) is 3. The first-order valence-electron chi connectivity index (χ1n) is 6.50. The standard InChI is InChI=1S/C13H18FN3O3/c1-8(2)10-6-9(15-16(10)3)11(18)17-5-4-13(14,7-17)12(19)20/h6,8H,4-5,7H2,1-3H3,(H,19,20). The molecule has 2 heterocycles. The Kier molecular flexibility index (Phi) is 3.54. The summed E-state index contributed by atoms with van der Waals surface area (Å²) in [7, 11) is 1.74. The van der Waals surface area contributed by atoms with E-state index in [4.69, 9.17) is 5.11 Å². The Labute approximate surface area is 116 Å². The van der Waals surface area contributed by atoms with Gasteiger partial charge in [-0.3, -0.25) is 9.48 Å². The molecule has 1 aliphatic heterocycles. The average Bonchev–Trinajstić information content (AvgIpc) is 2.93. The normalized spacial score (nSPS) is 22.6. The number of carbonyl (C=O) groups excluding carboxylic acids is 1. The van der Waals surface area contributed by atoms with Gasteiger partial charge in [0.1, 0.15) is 0 Å². The fourth-order valence-electron chi connectivity index (χ4n) is 2.41. The summed E-state index contributed by atoms with van der Waals surface area (Å²) in [5.74, 6) is -1.73. The van der Waals surface area contributed by atoms with Crippen LogP contribution in [-0.2, 0) is 11.8 Å². The largest absolute Gasteiger partial charge is 0.479 e. The van der Waals surface area contributed by atoms with Crippen LogP contribution in [0.2, 0.25) is 0 Å². The predicted molar refractivity (Wildman–Crippen MR) is 69.3 cm³/mol. The van der Waals surface area contributed by atoms with Gasteiger partial charge in [0.15, 0.2) is 5.69 Å². The summed E-state index contributed by atoms with van der Waals surface area (Å²) in [6.45, 7) is 3.64. The molecule has 1 aliphatic rings. The molecule has 0 saturated carbocycles. The van der Waals surface area contributed by atoms with Gasteiger partial charge in [-0.15, -0.1) is 0 Å². The maximum atomic E-state index is 14.0. The number of alkyl halides is 1. The molecule has 0 bridgehead atoms. The second-order valence-electron chi connectivity index (χ2n) is 5.48. The van der Waals surface area contributed by atoms with E-state index in [2.05, 4.69) is 5.10 Å². The fraction of sp³-hybridized carbons (Fsp3) is 0.615. The molecule has 1 unspecified atom stereocenters. The maximum absolute atomic E-state index is 14.0. The lowest BCUT2D eigenvalue weighted by Crippen LogP contribution is -2.39. The van der Waals surface area contributed by atoms with Crippen molar-refractivity contribution in [2.45, 2.75) is 31.9 Å². The molecule has 0 aromatic carbocycles. The number of nitrogens with zero attached hydrogens (tertiary/aromatic N) is 3. The Bertz CT molecular complexity index is 555. The minimum atomic E-state index is -2.34. The molecule has 110 valence electrons. The van der Waals surface area contributed by atoms with E-state index in [9.17, 15) is 14.0 Å². The zero-order chi connectivity index (χ0) is 15.1. The Morgan fingerprint density at radius 1 is 1.50 bits per heavy atom. The molecule has 20 heavy (non-hydrogen) atoms. The Morgan fingerprint density at radius 3 is 2.60 bits per heavy atom.